The summed E-state index contributed by atoms with van der Waals surface area (Å²) in [4.78, 5) is 12.5. The number of nitrogens with zero attached hydrogens (tertiary/aromatic N) is 3. The van der Waals surface area contributed by atoms with Crippen molar-refractivity contribution in [2.45, 2.75) is 13.2 Å². The molecule has 30 heavy (non-hydrogen) atoms. The summed E-state index contributed by atoms with van der Waals surface area (Å²) in [6, 6.07) is 16.7. The maximum Gasteiger partial charge on any atom is 0.387 e. The standard InChI is InChI=1S/C22H19F2N3O2S/c1-27(13-14-9-10-17(29-22(23)24)18(12-14)28-2)21-15-6-3-4-7-16(15)25-20(26-21)19-8-5-11-30-19/h3-12,22H,13H2,1-2H3. The van der Waals surface area contributed by atoms with E-state index in [9.17, 15) is 8.78 Å². The van der Waals surface area contributed by atoms with Gasteiger partial charge in [0.05, 0.1) is 17.5 Å². The third-order valence-electron chi connectivity index (χ3n) is 4.55. The van der Waals surface area contributed by atoms with Crippen LogP contribution in [0.25, 0.3) is 21.6 Å². The molecule has 5 nitrogen and oxygen atoms in total. The van der Waals surface area contributed by atoms with Crippen molar-refractivity contribution in [1.29, 1.82) is 0 Å². The molecular formula is C22H19F2N3O2S. The van der Waals surface area contributed by atoms with E-state index in [4.69, 9.17) is 14.7 Å². The second kappa shape index (κ2) is 8.62. The number of aromatic nitrogens is 2. The Hall–Kier alpha value is -3.26. The Morgan fingerprint density at radius 1 is 1.03 bits per heavy atom. The first kappa shape index (κ1) is 20.0. The summed E-state index contributed by atoms with van der Waals surface area (Å²) >= 11 is 1.59. The average molecular weight is 427 g/mol. The molecule has 0 N–H and O–H groups in total. The van der Waals surface area contributed by atoms with Crippen LogP contribution in [0.15, 0.2) is 60.0 Å². The summed E-state index contributed by atoms with van der Waals surface area (Å²) in [6.45, 7) is -2.41. The van der Waals surface area contributed by atoms with E-state index >= 15 is 0 Å². The summed E-state index contributed by atoms with van der Waals surface area (Å²) in [5, 5.41) is 2.93. The molecule has 0 fully saturated rings. The highest BCUT2D eigenvalue weighted by atomic mass is 32.1. The molecule has 0 aliphatic rings. The van der Waals surface area contributed by atoms with E-state index in [2.05, 4.69) is 4.74 Å². The lowest BCUT2D eigenvalue weighted by Gasteiger charge is -2.21. The average Bonchev–Trinajstić information content (AvgIpc) is 3.28. The highest BCUT2D eigenvalue weighted by Gasteiger charge is 2.16. The van der Waals surface area contributed by atoms with Crippen LogP contribution in [0, 0.1) is 0 Å². The van der Waals surface area contributed by atoms with Gasteiger partial charge in [-0.3, -0.25) is 0 Å². The largest absolute Gasteiger partial charge is 0.493 e. The monoisotopic (exact) mass is 427 g/mol. The van der Waals surface area contributed by atoms with Gasteiger partial charge in [-0.25, -0.2) is 9.97 Å². The van der Waals surface area contributed by atoms with Gasteiger partial charge in [-0.05, 0) is 41.3 Å². The molecule has 4 rings (SSSR count). The third kappa shape index (κ3) is 4.18. The highest BCUT2D eigenvalue weighted by molar-refractivity contribution is 7.13. The minimum atomic E-state index is -2.91. The van der Waals surface area contributed by atoms with Gasteiger partial charge in [0.25, 0.3) is 0 Å². The number of para-hydroxylation sites is 1. The van der Waals surface area contributed by atoms with Crippen LogP contribution in [-0.4, -0.2) is 30.7 Å². The highest BCUT2D eigenvalue weighted by Crippen LogP contribution is 2.32. The molecule has 0 saturated heterocycles. The molecule has 0 aliphatic carbocycles. The predicted molar refractivity (Wildman–Crippen MR) is 115 cm³/mol. The topological polar surface area (TPSA) is 47.5 Å². The van der Waals surface area contributed by atoms with E-state index < -0.39 is 6.61 Å². The number of fused-ring (bicyclic) bond motifs is 1. The fourth-order valence-corrected chi connectivity index (χ4v) is 3.88. The summed E-state index contributed by atoms with van der Waals surface area (Å²) in [5.74, 6) is 1.72. The Morgan fingerprint density at radius 2 is 1.87 bits per heavy atom. The Morgan fingerprint density at radius 3 is 2.60 bits per heavy atom. The van der Waals surface area contributed by atoms with Crippen molar-refractivity contribution >= 4 is 28.1 Å². The lowest BCUT2D eigenvalue weighted by atomic mass is 10.1. The molecule has 0 atom stereocenters. The zero-order valence-corrected chi connectivity index (χ0v) is 17.2. The molecule has 2 aromatic heterocycles. The van der Waals surface area contributed by atoms with Gasteiger partial charge in [-0.15, -0.1) is 11.3 Å². The van der Waals surface area contributed by atoms with Gasteiger partial charge < -0.3 is 14.4 Å². The third-order valence-corrected chi connectivity index (χ3v) is 5.42. The number of hydrogen-bond acceptors (Lipinski definition) is 6. The molecule has 0 amide bonds. The van der Waals surface area contributed by atoms with Gasteiger partial charge in [0.1, 0.15) is 5.82 Å². The van der Waals surface area contributed by atoms with Crippen molar-refractivity contribution in [3.63, 3.8) is 0 Å². The van der Waals surface area contributed by atoms with Crippen LogP contribution in [0.4, 0.5) is 14.6 Å². The first-order valence-corrected chi connectivity index (χ1v) is 10.1. The van der Waals surface area contributed by atoms with E-state index in [1.165, 1.54) is 13.2 Å². The number of rotatable bonds is 7. The number of hydrogen-bond donors (Lipinski definition) is 0. The van der Waals surface area contributed by atoms with E-state index in [-0.39, 0.29) is 11.5 Å². The maximum atomic E-state index is 12.6. The summed E-state index contributed by atoms with van der Waals surface area (Å²) in [5.41, 5.74) is 1.73. The maximum absolute atomic E-state index is 12.6. The lowest BCUT2D eigenvalue weighted by Crippen LogP contribution is -2.19. The van der Waals surface area contributed by atoms with Crippen LogP contribution in [-0.2, 0) is 6.54 Å². The van der Waals surface area contributed by atoms with Crippen LogP contribution in [0.2, 0.25) is 0 Å². The fourth-order valence-electron chi connectivity index (χ4n) is 3.22. The molecule has 0 radical (unpaired) electrons. The Balaban J connectivity index is 1.69. The van der Waals surface area contributed by atoms with Crippen molar-refractivity contribution < 1.29 is 18.3 Å². The van der Waals surface area contributed by atoms with E-state index in [1.807, 2.05) is 53.7 Å². The number of thiophene rings is 1. The number of ether oxygens (including phenoxy) is 2. The first-order valence-electron chi connectivity index (χ1n) is 9.18. The Bertz CT molecular complexity index is 1150. The summed E-state index contributed by atoms with van der Waals surface area (Å²) < 4.78 is 34.9. The predicted octanol–water partition coefficient (Wildman–Crippen LogP) is 5.60. The van der Waals surface area contributed by atoms with E-state index in [1.54, 1.807) is 23.5 Å². The van der Waals surface area contributed by atoms with Crippen LogP contribution in [0.3, 0.4) is 0 Å². The van der Waals surface area contributed by atoms with Gasteiger partial charge in [0, 0.05) is 19.0 Å². The molecule has 0 aliphatic heterocycles. The fraction of sp³-hybridized carbons (Fsp3) is 0.182. The molecule has 154 valence electrons. The van der Waals surface area contributed by atoms with Crippen molar-refractivity contribution in [1.82, 2.24) is 9.97 Å². The molecule has 0 unspecified atom stereocenters. The second-order valence-corrected chi connectivity index (χ2v) is 7.53. The zero-order chi connectivity index (χ0) is 21.1. The molecule has 8 heteroatoms. The number of benzene rings is 2. The van der Waals surface area contributed by atoms with E-state index in [0.717, 1.165) is 27.2 Å². The van der Waals surface area contributed by atoms with Gasteiger partial charge in [0.15, 0.2) is 17.3 Å². The first-order chi connectivity index (χ1) is 14.5. The normalized spacial score (nSPS) is 11.1. The van der Waals surface area contributed by atoms with Crippen LogP contribution >= 0.6 is 11.3 Å². The van der Waals surface area contributed by atoms with E-state index in [0.29, 0.717) is 12.4 Å². The molecule has 0 spiro atoms. The van der Waals surface area contributed by atoms with Crippen molar-refractivity contribution in [2.75, 3.05) is 19.1 Å². The van der Waals surface area contributed by atoms with Gasteiger partial charge in [0.2, 0.25) is 0 Å². The number of alkyl halides is 2. The zero-order valence-electron chi connectivity index (χ0n) is 16.4. The van der Waals surface area contributed by atoms with Crippen molar-refractivity contribution in [3.05, 3.63) is 65.5 Å². The van der Waals surface area contributed by atoms with Gasteiger partial charge >= 0.3 is 6.61 Å². The van der Waals surface area contributed by atoms with Crippen molar-refractivity contribution in [2.24, 2.45) is 0 Å². The molecule has 0 bridgehead atoms. The quantitative estimate of drug-likeness (QED) is 0.384. The summed E-state index contributed by atoms with van der Waals surface area (Å²) in [7, 11) is 3.36. The van der Waals surface area contributed by atoms with Crippen LogP contribution in [0.5, 0.6) is 11.5 Å². The van der Waals surface area contributed by atoms with Gasteiger partial charge in [-0.1, -0.05) is 24.3 Å². The number of methoxy groups -OCH3 is 1. The second-order valence-electron chi connectivity index (χ2n) is 6.59. The number of halogens is 2. The Kier molecular flexibility index (Phi) is 5.76. The molecule has 4 aromatic rings. The molecular weight excluding hydrogens is 408 g/mol. The van der Waals surface area contributed by atoms with Gasteiger partial charge in [-0.2, -0.15) is 8.78 Å². The molecule has 2 aromatic carbocycles. The van der Waals surface area contributed by atoms with Crippen LogP contribution < -0.4 is 14.4 Å². The van der Waals surface area contributed by atoms with Crippen molar-refractivity contribution in [3.8, 4) is 22.2 Å². The molecule has 2 heterocycles. The molecule has 0 saturated carbocycles. The minimum Gasteiger partial charge on any atom is -0.493 e. The number of anilines is 1. The minimum absolute atomic E-state index is 0.00590. The lowest BCUT2D eigenvalue weighted by molar-refractivity contribution is -0.0512. The Labute approximate surface area is 176 Å². The summed E-state index contributed by atoms with van der Waals surface area (Å²) in [6.07, 6.45) is 0. The van der Waals surface area contributed by atoms with Crippen LogP contribution in [0.1, 0.15) is 5.56 Å². The SMILES string of the molecule is COc1cc(CN(C)c2nc(-c3cccs3)nc3ccccc23)ccc1OC(F)F. The smallest absolute Gasteiger partial charge is 0.387 e.